The van der Waals surface area contributed by atoms with Crippen molar-refractivity contribution in [2.45, 2.75) is 32.7 Å². The zero-order chi connectivity index (χ0) is 13.1. The largest absolute Gasteiger partial charge is 0.469 e. The minimum absolute atomic E-state index is 0.250. The Hall–Kier alpha value is -1.43. The lowest BCUT2D eigenvalue weighted by Crippen LogP contribution is -2.53. The van der Waals surface area contributed by atoms with Crippen LogP contribution in [-0.2, 0) is 19.1 Å². The molecule has 0 saturated carbocycles. The van der Waals surface area contributed by atoms with Crippen LogP contribution >= 0.6 is 0 Å². The summed E-state index contributed by atoms with van der Waals surface area (Å²) in [5.74, 6) is -0.917. The van der Waals surface area contributed by atoms with Crippen molar-refractivity contribution in [3.63, 3.8) is 0 Å². The molecule has 6 heteroatoms. The maximum atomic E-state index is 11.5. The monoisotopic (exact) mass is 242 g/mol. The molecule has 0 aromatic carbocycles. The molecule has 1 heterocycles. The molecule has 0 bridgehead atoms. The summed E-state index contributed by atoms with van der Waals surface area (Å²) in [6.45, 7) is 3.79. The minimum atomic E-state index is -0.698. The lowest BCUT2D eigenvalue weighted by Gasteiger charge is -2.27. The Morgan fingerprint density at radius 1 is 1.53 bits per heavy atom. The fraction of sp³-hybridized carbons (Fsp3) is 0.727. The van der Waals surface area contributed by atoms with Gasteiger partial charge in [-0.25, -0.2) is 0 Å². The molecule has 96 valence electrons. The zero-order valence-electron chi connectivity index (χ0n) is 10.3. The summed E-state index contributed by atoms with van der Waals surface area (Å²) in [6, 6.07) is -0.420. The predicted octanol–water partition coefficient (Wildman–Crippen LogP) is -0.420. The lowest BCUT2D eigenvalue weighted by molar-refractivity contribution is -0.151. The molecule has 1 rings (SSSR count). The van der Waals surface area contributed by atoms with Gasteiger partial charge in [0.05, 0.1) is 18.6 Å². The van der Waals surface area contributed by atoms with Crippen LogP contribution in [0.25, 0.3) is 0 Å². The number of esters is 1. The van der Waals surface area contributed by atoms with Gasteiger partial charge in [0.25, 0.3) is 0 Å². The zero-order valence-corrected chi connectivity index (χ0v) is 10.3. The van der Waals surface area contributed by atoms with Crippen LogP contribution < -0.4 is 10.6 Å². The van der Waals surface area contributed by atoms with E-state index in [1.54, 1.807) is 13.8 Å². The van der Waals surface area contributed by atoms with E-state index < -0.39 is 11.5 Å². The molecule has 0 radical (unpaired) electrons. The van der Waals surface area contributed by atoms with Gasteiger partial charge in [-0.05, 0) is 20.3 Å². The number of rotatable bonds is 4. The van der Waals surface area contributed by atoms with Crippen molar-refractivity contribution >= 4 is 17.8 Å². The SMILES string of the molecule is COC(=O)C(C)(C)CNC1CCC(=O)NC1=O. The topological polar surface area (TPSA) is 84.5 Å². The van der Waals surface area contributed by atoms with Crippen LogP contribution in [0.4, 0.5) is 0 Å². The molecule has 1 unspecified atom stereocenters. The molecule has 1 atom stereocenters. The summed E-state index contributed by atoms with van der Waals surface area (Å²) in [5.41, 5.74) is -0.698. The number of methoxy groups -OCH3 is 1. The number of hydrogen-bond acceptors (Lipinski definition) is 5. The summed E-state index contributed by atoms with van der Waals surface area (Å²) >= 11 is 0. The summed E-state index contributed by atoms with van der Waals surface area (Å²) in [6.07, 6.45) is 0.782. The highest BCUT2D eigenvalue weighted by Crippen LogP contribution is 2.16. The molecule has 6 nitrogen and oxygen atoms in total. The third-order valence-electron chi connectivity index (χ3n) is 2.77. The first-order chi connectivity index (χ1) is 7.86. The molecule has 1 fully saturated rings. The first-order valence-electron chi connectivity index (χ1n) is 5.52. The van der Waals surface area contributed by atoms with Crippen LogP contribution in [0, 0.1) is 5.41 Å². The fourth-order valence-electron chi connectivity index (χ4n) is 1.62. The summed E-state index contributed by atoms with van der Waals surface area (Å²) in [5, 5.41) is 5.23. The van der Waals surface area contributed by atoms with Gasteiger partial charge in [-0.3, -0.25) is 19.7 Å². The highest BCUT2D eigenvalue weighted by Gasteiger charge is 2.32. The van der Waals surface area contributed by atoms with E-state index in [1.807, 2.05) is 0 Å². The molecule has 1 aliphatic rings. The normalized spacial score (nSPS) is 21.0. The van der Waals surface area contributed by atoms with Crippen molar-refractivity contribution < 1.29 is 19.1 Å². The molecule has 0 aromatic rings. The second-order valence-electron chi connectivity index (χ2n) is 4.76. The van der Waals surface area contributed by atoms with Gasteiger partial charge >= 0.3 is 5.97 Å². The van der Waals surface area contributed by atoms with E-state index in [0.717, 1.165) is 0 Å². The maximum absolute atomic E-state index is 11.5. The van der Waals surface area contributed by atoms with E-state index in [2.05, 4.69) is 15.4 Å². The number of carbonyl (C=O) groups excluding carboxylic acids is 3. The number of piperidine rings is 1. The highest BCUT2D eigenvalue weighted by atomic mass is 16.5. The van der Waals surface area contributed by atoms with E-state index in [4.69, 9.17) is 0 Å². The number of hydrogen-bond donors (Lipinski definition) is 2. The van der Waals surface area contributed by atoms with E-state index >= 15 is 0 Å². The van der Waals surface area contributed by atoms with Crippen LogP contribution in [0.1, 0.15) is 26.7 Å². The third-order valence-corrected chi connectivity index (χ3v) is 2.77. The van der Waals surface area contributed by atoms with Crippen LogP contribution in [0.2, 0.25) is 0 Å². The van der Waals surface area contributed by atoms with Gasteiger partial charge in [0.15, 0.2) is 0 Å². The van der Waals surface area contributed by atoms with Crippen molar-refractivity contribution in [3.8, 4) is 0 Å². The van der Waals surface area contributed by atoms with Gasteiger partial charge in [-0.15, -0.1) is 0 Å². The average Bonchev–Trinajstić information content (AvgIpc) is 2.26. The highest BCUT2D eigenvalue weighted by molar-refractivity contribution is 6.00. The van der Waals surface area contributed by atoms with Crippen LogP contribution in [0.15, 0.2) is 0 Å². The Balaban J connectivity index is 2.48. The summed E-state index contributed by atoms with van der Waals surface area (Å²) in [7, 11) is 1.33. The Morgan fingerprint density at radius 3 is 2.71 bits per heavy atom. The van der Waals surface area contributed by atoms with E-state index in [1.165, 1.54) is 7.11 Å². The average molecular weight is 242 g/mol. The number of imide groups is 1. The standard InChI is InChI=1S/C11H18N2O4/c1-11(2,10(16)17-3)6-12-7-4-5-8(14)13-9(7)15/h7,12H,4-6H2,1-3H3,(H,13,14,15). The molecule has 2 N–H and O–H groups in total. The van der Waals surface area contributed by atoms with Crippen LogP contribution in [0.3, 0.4) is 0 Å². The van der Waals surface area contributed by atoms with Gasteiger partial charge in [0.2, 0.25) is 11.8 Å². The molecule has 1 saturated heterocycles. The van der Waals surface area contributed by atoms with Crippen LogP contribution in [0.5, 0.6) is 0 Å². The maximum Gasteiger partial charge on any atom is 0.312 e. The van der Waals surface area contributed by atoms with E-state index in [9.17, 15) is 14.4 Å². The second-order valence-corrected chi connectivity index (χ2v) is 4.76. The van der Waals surface area contributed by atoms with Crippen LogP contribution in [-0.4, -0.2) is 37.5 Å². The Bertz CT molecular complexity index is 338. The van der Waals surface area contributed by atoms with Gasteiger partial charge in [-0.1, -0.05) is 0 Å². The number of amides is 2. The van der Waals surface area contributed by atoms with Crippen molar-refractivity contribution in [1.82, 2.24) is 10.6 Å². The summed E-state index contributed by atoms with van der Waals surface area (Å²) < 4.78 is 4.67. The second kappa shape index (κ2) is 5.27. The minimum Gasteiger partial charge on any atom is -0.469 e. The van der Waals surface area contributed by atoms with E-state index in [-0.39, 0.29) is 17.8 Å². The van der Waals surface area contributed by atoms with Crippen molar-refractivity contribution in [3.05, 3.63) is 0 Å². The Labute approximate surface area is 100 Å². The number of ether oxygens (including phenoxy) is 1. The molecule has 0 aromatic heterocycles. The smallest absolute Gasteiger partial charge is 0.312 e. The molecular formula is C11H18N2O4. The predicted molar refractivity (Wildman–Crippen MR) is 60.0 cm³/mol. The van der Waals surface area contributed by atoms with Crippen molar-refractivity contribution in [2.24, 2.45) is 5.41 Å². The molecule has 17 heavy (non-hydrogen) atoms. The molecule has 1 aliphatic heterocycles. The van der Waals surface area contributed by atoms with Gasteiger partial charge in [0, 0.05) is 13.0 Å². The van der Waals surface area contributed by atoms with E-state index in [0.29, 0.717) is 19.4 Å². The van der Waals surface area contributed by atoms with Gasteiger partial charge in [-0.2, -0.15) is 0 Å². The van der Waals surface area contributed by atoms with Crippen molar-refractivity contribution in [2.75, 3.05) is 13.7 Å². The first-order valence-corrected chi connectivity index (χ1v) is 5.52. The lowest BCUT2D eigenvalue weighted by atomic mass is 9.92. The van der Waals surface area contributed by atoms with Gasteiger partial charge < -0.3 is 10.1 Å². The Morgan fingerprint density at radius 2 is 2.18 bits per heavy atom. The quantitative estimate of drug-likeness (QED) is 0.516. The number of carbonyl (C=O) groups is 3. The number of nitrogens with one attached hydrogen (secondary N) is 2. The van der Waals surface area contributed by atoms with Gasteiger partial charge in [0.1, 0.15) is 0 Å². The van der Waals surface area contributed by atoms with Crippen molar-refractivity contribution in [1.29, 1.82) is 0 Å². The molecule has 0 aliphatic carbocycles. The third kappa shape index (κ3) is 3.52. The fourth-order valence-corrected chi connectivity index (χ4v) is 1.62. The Kier molecular flexibility index (Phi) is 4.22. The molecular weight excluding hydrogens is 224 g/mol. The first kappa shape index (κ1) is 13.6. The molecule has 2 amide bonds. The summed E-state index contributed by atoms with van der Waals surface area (Å²) in [4.78, 5) is 33.8. The molecule has 0 spiro atoms.